The van der Waals surface area contributed by atoms with Gasteiger partial charge in [-0.1, -0.05) is 29.8 Å². The first-order valence-corrected chi connectivity index (χ1v) is 10.8. The van der Waals surface area contributed by atoms with Crippen LogP contribution in [0.3, 0.4) is 0 Å². The number of sulfonamides is 1. The summed E-state index contributed by atoms with van der Waals surface area (Å²) in [6, 6.07) is 13.2. The Morgan fingerprint density at radius 2 is 1.85 bits per heavy atom. The van der Waals surface area contributed by atoms with E-state index in [2.05, 4.69) is 0 Å². The Morgan fingerprint density at radius 3 is 2.52 bits per heavy atom. The van der Waals surface area contributed by atoms with Crippen LogP contribution in [-0.4, -0.2) is 38.9 Å². The third kappa shape index (κ3) is 3.96. The predicted octanol–water partition coefficient (Wildman–Crippen LogP) is 4.18. The molecule has 1 fully saturated rings. The number of amides is 1. The van der Waals surface area contributed by atoms with E-state index in [0.29, 0.717) is 12.2 Å². The number of nitrogens with zero attached hydrogens (tertiary/aromatic N) is 2. The highest BCUT2D eigenvalue weighted by molar-refractivity contribution is 7.92. The molecule has 144 valence electrons. The Bertz CT molecular complexity index is 931. The van der Waals surface area contributed by atoms with Gasteiger partial charge < -0.3 is 4.90 Å². The fourth-order valence-electron chi connectivity index (χ4n) is 3.32. The highest BCUT2D eigenvalue weighted by Crippen LogP contribution is 2.28. The molecule has 0 bridgehead atoms. The molecule has 7 heteroatoms. The van der Waals surface area contributed by atoms with Gasteiger partial charge in [0.2, 0.25) is 0 Å². The summed E-state index contributed by atoms with van der Waals surface area (Å²) in [5.74, 6) is -0.216. The minimum Gasteiger partial charge on any atom is -0.336 e. The van der Waals surface area contributed by atoms with Gasteiger partial charge in [0.05, 0.1) is 21.2 Å². The molecule has 1 atom stereocenters. The van der Waals surface area contributed by atoms with Crippen LogP contribution in [0.1, 0.15) is 36.5 Å². The van der Waals surface area contributed by atoms with Crippen LogP contribution in [0.2, 0.25) is 5.02 Å². The predicted molar refractivity (Wildman–Crippen MR) is 108 cm³/mol. The molecule has 0 aliphatic carbocycles. The molecule has 3 rings (SSSR count). The van der Waals surface area contributed by atoms with Gasteiger partial charge in [0, 0.05) is 19.6 Å². The zero-order chi connectivity index (χ0) is 19.6. The maximum Gasteiger partial charge on any atom is 0.264 e. The van der Waals surface area contributed by atoms with Crippen molar-refractivity contribution < 1.29 is 13.2 Å². The maximum absolute atomic E-state index is 13.0. The topological polar surface area (TPSA) is 57.7 Å². The van der Waals surface area contributed by atoms with Gasteiger partial charge in [-0.25, -0.2) is 8.42 Å². The number of piperidine rings is 1. The van der Waals surface area contributed by atoms with Crippen molar-refractivity contribution in [3.8, 4) is 0 Å². The summed E-state index contributed by atoms with van der Waals surface area (Å²) in [5, 5.41) is 0.263. The summed E-state index contributed by atoms with van der Waals surface area (Å²) in [7, 11) is -2.31. The number of benzene rings is 2. The Kier molecular flexibility index (Phi) is 5.77. The first-order valence-electron chi connectivity index (χ1n) is 8.97. The number of hydrogen-bond acceptors (Lipinski definition) is 3. The van der Waals surface area contributed by atoms with Gasteiger partial charge in [0.15, 0.2) is 0 Å². The molecule has 1 unspecified atom stereocenters. The second-order valence-electron chi connectivity index (χ2n) is 6.79. The van der Waals surface area contributed by atoms with Crippen LogP contribution < -0.4 is 4.31 Å². The van der Waals surface area contributed by atoms with Crippen molar-refractivity contribution in [1.82, 2.24) is 4.90 Å². The number of carbonyl (C=O) groups excluding carboxylic acids is 1. The van der Waals surface area contributed by atoms with E-state index in [0.717, 1.165) is 19.3 Å². The smallest absolute Gasteiger partial charge is 0.264 e. The standard InChI is InChI=1S/C20H23ClN2O3S/c1-15-8-6-7-13-23(15)20(24)18-14-17(11-12-19(18)21)27(25,26)22(2)16-9-4-3-5-10-16/h3-5,9-12,14-15H,6-8,13H2,1-2H3. The van der Waals surface area contributed by atoms with Crippen molar-refractivity contribution in [1.29, 1.82) is 0 Å². The van der Waals surface area contributed by atoms with Crippen LogP contribution in [0.25, 0.3) is 0 Å². The minimum absolute atomic E-state index is 0.0475. The van der Waals surface area contributed by atoms with E-state index in [1.807, 2.05) is 13.0 Å². The number of anilines is 1. The molecule has 1 aliphatic heterocycles. The lowest BCUT2D eigenvalue weighted by Crippen LogP contribution is -2.42. The molecule has 5 nitrogen and oxygen atoms in total. The third-order valence-corrected chi connectivity index (χ3v) is 7.12. The monoisotopic (exact) mass is 406 g/mol. The van der Waals surface area contributed by atoms with Gasteiger partial charge in [-0.3, -0.25) is 9.10 Å². The number of rotatable bonds is 4. The average molecular weight is 407 g/mol. The molecule has 27 heavy (non-hydrogen) atoms. The minimum atomic E-state index is -3.81. The molecular formula is C20H23ClN2O3S. The van der Waals surface area contributed by atoms with Gasteiger partial charge in [0.25, 0.3) is 15.9 Å². The molecule has 0 radical (unpaired) electrons. The molecule has 1 heterocycles. The molecule has 0 N–H and O–H groups in total. The lowest BCUT2D eigenvalue weighted by molar-refractivity contribution is 0.0635. The fourth-order valence-corrected chi connectivity index (χ4v) is 4.74. The third-order valence-electron chi connectivity index (χ3n) is 5.01. The first kappa shape index (κ1) is 19.7. The van der Waals surface area contributed by atoms with Crippen LogP contribution in [0.5, 0.6) is 0 Å². The van der Waals surface area contributed by atoms with Gasteiger partial charge in [-0.15, -0.1) is 0 Å². The second-order valence-corrected chi connectivity index (χ2v) is 9.17. The van der Waals surface area contributed by atoms with Crippen molar-refractivity contribution in [3.63, 3.8) is 0 Å². The van der Waals surface area contributed by atoms with Crippen LogP contribution in [0.15, 0.2) is 53.4 Å². The molecule has 0 spiro atoms. The normalized spacial score (nSPS) is 17.6. The average Bonchev–Trinajstić information content (AvgIpc) is 2.68. The Morgan fingerprint density at radius 1 is 1.15 bits per heavy atom. The van der Waals surface area contributed by atoms with Gasteiger partial charge >= 0.3 is 0 Å². The van der Waals surface area contributed by atoms with Crippen molar-refractivity contribution in [2.75, 3.05) is 17.9 Å². The van der Waals surface area contributed by atoms with Gasteiger partial charge in [-0.05, 0) is 56.5 Å². The molecule has 1 saturated heterocycles. The molecule has 1 amide bonds. The Balaban J connectivity index is 1.96. The second kappa shape index (κ2) is 7.90. The number of carbonyl (C=O) groups is 1. The van der Waals surface area contributed by atoms with E-state index in [9.17, 15) is 13.2 Å². The van der Waals surface area contributed by atoms with Crippen molar-refractivity contribution in [3.05, 3.63) is 59.1 Å². The first-order chi connectivity index (χ1) is 12.8. The quantitative estimate of drug-likeness (QED) is 0.765. The van der Waals surface area contributed by atoms with Crippen molar-refractivity contribution in [2.24, 2.45) is 0 Å². The summed E-state index contributed by atoms with van der Waals surface area (Å²) in [5.41, 5.74) is 0.776. The van der Waals surface area contributed by atoms with E-state index in [4.69, 9.17) is 11.6 Å². The highest BCUT2D eigenvalue weighted by atomic mass is 35.5. The van der Waals surface area contributed by atoms with Crippen LogP contribution in [0, 0.1) is 0 Å². The summed E-state index contributed by atoms with van der Waals surface area (Å²) in [6.45, 7) is 2.67. The van der Waals surface area contributed by atoms with E-state index in [-0.39, 0.29) is 27.4 Å². The zero-order valence-corrected chi connectivity index (χ0v) is 17.0. The van der Waals surface area contributed by atoms with Crippen molar-refractivity contribution in [2.45, 2.75) is 37.1 Å². The Labute approximate surface area is 165 Å². The lowest BCUT2D eigenvalue weighted by atomic mass is 10.0. The SMILES string of the molecule is CC1CCCCN1C(=O)c1cc(S(=O)(=O)N(C)c2ccccc2)ccc1Cl. The van der Waals surface area contributed by atoms with Gasteiger partial charge in [0.1, 0.15) is 0 Å². The molecule has 0 aromatic heterocycles. The fraction of sp³-hybridized carbons (Fsp3) is 0.350. The van der Waals surface area contributed by atoms with E-state index in [1.165, 1.54) is 29.6 Å². The van der Waals surface area contributed by atoms with Crippen LogP contribution in [-0.2, 0) is 10.0 Å². The molecular weight excluding hydrogens is 384 g/mol. The summed E-state index contributed by atoms with van der Waals surface area (Å²) >= 11 is 6.25. The molecule has 0 saturated carbocycles. The summed E-state index contributed by atoms with van der Waals surface area (Å²) in [6.07, 6.45) is 2.98. The number of hydrogen-bond donors (Lipinski definition) is 0. The molecule has 2 aromatic carbocycles. The largest absolute Gasteiger partial charge is 0.336 e. The number of para-hydroxylation sites is 1. The molecule has 2 aromatic rings. The van der Waals surface area contributed by atoms with E-state index in [1.54, 1.807) is 29.2 Å². The van der Waals surface area contributed by atoms with Gasteiger partial charge in [-0.2, -0.15) is 0 Å². The lowest BCUT2D eigenvalue weighted by Gasteiger charge is -2.33. The van der Waals surface area contributed by atoms with Crippen molar-refractivity contribution >= 4 is 33.2 Å². The Hall–Kier alpha value is -2.05. The highest BCUT2D eigenvalue weighted by Gasteiger charge is 2.28. The van der Waals surface area contributed by atoms with Crippen LogP contribution in [0.4, 0.5) is 5.69 Å². The molecule has 1 aliphatic rings. The number of halogens is 1. The zero-order valence-electron chi connectivity index (χ0n) is 15.4. The maximum atomic E-state index is 13.0. The summed E-state index contributed by atoms with van der Waals surface area (Å²) < 4.78 is 27.2. The van der Waals surface area contributed by atoms with E-state index < -0.39 is 10.0 Å². The summed E-state index contributed by atoms with van der Waals surface area (Å²) in [4.78, 5) is 14.8. The number of likely N-dealkylation sites (tertiary alicyclic amines) is 1. The van der Waals surface area contributed by atoms with E-state index >= 15 is 0 Å². The van der Waals surface area contributed by atoms with Crippen LogP contribution >= 0.6 is 11.6 Å².